The van der Waals surface area contributed by atoms with Gasteiger partial charge in [-0.15, -0.1) is 0 Å². The Kier molecular flexibility index (Phi) is 2.40. The van der Waals surface area contributed by atoms with Gasteiger partial charge in [-0.25, -0.2) is 14.8 Å². The third-order valence-corrected chi connectivity index (χ3v) is 2.29. The summed E-state index contributed by atoms with van der Waals surface area (Å²) in [6.07, 6.45) is 3.07. The van der Waals surface area contributed by atoms with Crippen molar-refractivity contribution in [3.05, 3.63) is 30.0 Å². The van der Waals surface area contributed by atoms with E-state index in [4.69, 9.17) is 5.11 Å². The van der Waals surface area contributed by atoms with Gasteiger partial charge in [0.1, 0.15) is 12.0 Å². The molecule has 0 spiro atoms. The second-order valence-corrected chi connectivity index (χ2v) is 3.37. The van der Waals surface area contributed by atoms with Crippen LogP contribution >= 0.6 is 0 Å². The zero-order chi connectivity index (χ0) is 11.7. The van der Waals surface area contributed by atoms with Gasteiger partial charge >= 0.3 is 5.97 Å². The quantitative estimate of drug-likeness (QED) is 0.809. The number of carboxylic acid groups (broad SMARTS) is 1. The fourth-order valence-electron chi connectivity index (χ4n) is 1.44. The first-order valence-corrected chi connectivity index (χ1v) is 4.64. The second-order valence-electron chi connectivity index (χ2n) is 3.37. The average molecular weight is 218 g/mol. The third-order valence-electron chi connectivity index (χ3n) is 2.29. The highest BCUT2D eigenvalue weighted by Crippen LogP contribution is 2.19. The van der Waals surface area contributed by atoms with Gasteiger partial charge in [0.25, 0.3) is 0 Å². The van der Waals surface area contributed by atoms with E-state index in [0.717, 1.165) is 11.3 Å². The van der Waals surface area contributed by atoms with Crippen LogP contribution in [0.4, 0.5) is 0 Å². The van der Waals surface area contributed by atoms with Gasteiger partial charge in [-0.3, -0.25) is 4.68 Å². The fourth-order valence-corrected chi connectivity index (χ4v) is 1.44. The molecule has 6 nitrogen and oxygen atoms in total. The molecule has 0 bridgehead atoms. The highest BCUT2D eigenvalue weighted by Gasteiger charge is 2.14. The van der Waals surface area contributed by atoms with Gasteiger partial charge < -0.3 is 5.11 Å². The molecule has 82 valence electrons. The first-order valence-electron chi connectivity index (χ1n) is 4.64. The molecule has 0 aliphatic heterocycles. The normalized spacial score (nSPS) is 10.4. The number of aromatic carboxylic acids is 1. The molecule has 0 fully saturated rings. The summed E-state index contributed by atoms with van der Waals surface area (Å²) in [6.45, 7) is 1.83. The number of carboxylic acids is 1. The zero-order valence-corrected chi connectivity index (χ0v) is 8.88. The summed E-state index contributed by atoms with van der Waals surface area (Å²) in [5.41, 5.74) is 2.21. The van der Waals surface area contributed by atoms with Crippen LogP contribution in [-0.2, 0) is 7.05 Å². The van der Waals surface area contributed by atoms with Gasteiger partial charge in [0.2, 0.25) is 0 Å². The van der Waals surface area contributed by atoms with E-state index in [1.807, 2.05) is 6.92 Å². The molecular formula is C10H10N4O2. The Morgan fingerprint density at radius 3 is 2.81 bits per heavy atom. The van der Waals surface area contributed by atoms with Crippen molar-refractivity contribution in [2.24, 2.45) is 7.05 Å². The van der Waals surface area contributed by atoms with Crippen LogP contribution in [0.25, 0.3) is 11.3 Å². The van der Waals surface area contributed by atoms with Crippen LogP contribution in [0, 0.1) is 6.92 Å². The molecule has 2 heterocycles. The van der Waals surface area contributed by atoms with Gasteiger partial charge in [-0.1, -0.05) is 0 Å². The number of carbonyl (C=O) groups is 1. The molecule has 2 aromatic rings. The largest absolute Gasteiger partial charge is 0.477 e. The number of nitrogens with zero attached hydrogens (tertiary/aromatic N) is 4. The predicted molar refractivity (Wildman–Crippen MR) is 55.9 cm³/mol. The van der Waals surface area contributed by atoms with Gasteiger partial charge in [-0.05, 0) is 13.0 Å². The Morgan fingerprint density at radius 2 is 2.25 bits per heavy atom. The molecule has 0 saturated heterocycles. The molecule has 0 atom stereocenters. The van der Waals surface area contributed by atoms with Crippen LogP contribution < -0.4 is 0 Å². The van der Waals surface area contributed by atoms with Crippen LogP contribution in [0.5, 0.6) is 0 Å². The third kappa shape index (κ3) is 1.65. The second kappa shape index (κ2) is 3.73. The van der Waals surface area contributed by atoms with Gasteiger partial charge in [0.05, 0.1) is 11.4 Å². The van der Waals surface area contributed by atoms with Crippen LogP contribution in [0.3, 0.4) is 0 Å². The number of hydrogen-bond acceptors (Lipinski definition) is 4. The van der Waals surface area contributed by atoms with E-state index in [-0.39, 0.29) is 5.69 Å². The Morgan fingerprint density at radius 1 is 1.50 bits per heavy atom. The van der Waals surface area contributed by atoms with E-state index < -0.39 is 5.97 Å². The number of hydrogen-bond donors (Lipinski definition) is 1. The van der Waals surface area contributed by atoms with Crippen molar-refractivity contribution in [3.8, 4) is 11.3 Å². The Hall–Kier alpha value is -2.24. The SMILES string of the molecule is Cc1ncncc1-c1cc(C(=O)O)n(C)n1. The summed E-state index contributed by atoms with van der Waals surface area (Å²) in [4.78, 5) is 18.8. The number of aryl methyl sites for hydroxylation is 2. The summed E-state index contributed by atoms with van der Waals surface area (Å²) >= 11 is 0. The van der Waals surface area contributed by atoms with E-state index in [9.17, 15) is 4.79 Å². The van der Waals surface area contributed by atoms with Crippen molar-refractivity contribution in [3.63, 3.8) is 0 Å². The van der Waals surface area contributed by atoms with E-state index >= 15 is 0 Å². The van der Waals surface area contributed by atoms with Crippen LogP contribution in [0.2, 0.25) is 0 Å². The maximum absolute atomic E-state index is 10.9. The molecule has 2 rings (SSSR count). The molecule has 0 amide bonds. The van der Waals surface area contributed by atoms with Crippen molar-refractivity contribution in [2.75, 3.05) is 0 Å². The fraction of sp³-hybridized carbons (Fsp3) is 0.200. The minimum atomic E-state index is -1.00. The summed E-state index contributed by atoms with van der Waals surface area (Å²) in [7, 11) is 1.59. The Labute approximate surface area is 91.6 Å². The number of rotatable bonds is 2. The first-order chi connectivity index (χ1) is 7.59. The molecule has 0 aliphatic carbocycles. The molecule has 6 heteroatoms. The zero-order valence-electron chi connectivity index (χ0n) is 8.88. The van der Waals surface area contributed by atoms with Crippen molar-refractivity contribution in [2.45, 2.75) is 6.92 Å². The molecular weight excluding hydrogens is 208 g/mol. The molecule has 1 N–H and O–H groups in total. The average Bonchev–Trinajstić information content (AvgIpc) is 2.61. The van der Waals surface area contributed by atoms with E-state index in [1.54, 1.807) is 13.2 Å². The monoisotopic (exact) mass is 218 g/mol. The van der Waals surface area contributed by atoms with Crippen molar-refractivity contribution >= 4 is 5.97 Å². The standard InChI is InChI=1S/C10H10N4O2/c1-6-7(4-11-5-12-6)8-3-9(10(15)16)14(2)13-8/h3-5H,1-2H3,(H,15,16). The van der Waals surface area contributed by atoms with Crippen LogP contribution in [0.15, 0.2) is 18.6 Å². The minimum Gasteiger partial charge on any atom is -0.477 e. The summed E-state index contributed by atoms with van der Waals surface area (Å²) in [6, 6.07) is 1.51. The smallest absolute Gasteiger partial charge is 0.354 e. The lowest BCUT2D eigenvalue weighted by molar-refractivity contribution is 0.0685. The highest BCUT2D eigenvalue weighted by molar-refractivity contribution is 5.87. The topological polar surface area (TPSA) is 80.9 Å². The Bertz CT molecular complexity index is 548. The van der Waals surface area contributed by atoms with Gasteiger partial charge in [0, 0.05) is 18.8 Å². The molecule has 0 aliphatic rings. The molecule has 16 heavy (non-hydrogen) atoms. The van der Waals surface area contributed by atoms with E-state index in [2.05, 4.69) is 15.1 Å². The van der Waals surface area contributed by atoms with E-state index in [0.29, 0.717) is 5.69 Å². The lowest BCUT2D eigenvalue weighted by atomic mass is 10.2. The molecule has 2 aromatic heterocycles. The summed E-state index contributed by atoms with van der Waals surface area (Å²) < 4.78 is 1.32. The minimum absolute atomic E-state index is 0.137. The van der Waals surface area contributed by atoms with Crippen molar-refractivity contribution in [1.29, 1.82) is 0 Å². The lowest BCUT2D eigenvalue weighted by Crippen LogP contribution is -2.04. The molecule has 0 radical (unpaired) electrons. The Balaban J connectivity index is 2.54. The van der Waals surface area contributed by atoms with Crippen LogP contribution in [-0.4, -0.2) is 30.8 Å². The maximum Gasteiger partial charge on any atom is 0.354 e. The van der Waals surface area contributed by atoms with Crippen molar-refractivity contribution < 1.29 is 9.90 Å². The molecule has 0 aromatic carbocycles. The van der Waals surface area contributed by atoms with Gasteiger partial charge in [0.15, 0.2) is 0 Å². The highest BCUT2D eigenvalue weighted by atomic mass is 16.4. The lowest BCUT2D eigenvalue weighted by Gasteiger charge is -1.98. The van der Waals surface area contributed by atoms with Gasteiger partial charge in [-0.2, -0.15) is 5.10 Å². The first kappa shape index (κ1) is 10.3. The van der Waals surface area contributed by atoms with Crippen LogP contribution in [0.1, 0.15) is 16.2 Å². The summed E-state index contributed by atoms with van der Waals surface area (Å²) in [5.74, 6) is -1.00. The van der Waals surface area contributed by atoms with E-state index in [1.165, 1.54) is 17.1 Å². The van der Waals surface area contributed by atoms with Crippen molar-refractivity contribution in [1.82, 2.24) is 19.7 Å². The molecule has 0 saturated carbocycles. The molecule has 0 unspecified atom stereocenters. The number of aromatic nitrogens is 4. The predicted octanol–water partition coefficient (Wildman–Crippen LogP) is 0.884. The summed E-state index contributed by atoms with van der Waals surface area (Å²) in [5, 5.41) is 13.0. The maximum atomic E-state index is 10.9.